The fourth-order valence-electron chi connectivity index (χ4n) is 3.51. The van der Waals surface area contributed by atoms with Crippen molar-refractivity contribution in [1.29, 1.82) is 5.26 Å². The molecular formula is C23H19N5O3S. The number of nitrogens with zero attached hydrogens (tertiary/aromatic N) is 4. The van der Waals surface area contributed by atoms with E-state index in [1.807, 2.05) is 6.07 Å². The quantitative estimate of drug-likeness (QED) is 0.596. The first-order valence-corrected chi connectivity index (χ1v) is 10.6. The van der Waals surface area contributed by atoms with Gasteiger partial charge in [0.1, 0.15) is 10.5 Å². The Morgan fingerprint density at radius 3 is 2.59 bits per heavy atom. The molecule has 1 aliphatic heterocycles. The number of hydrogen-bond acceptors (Lipinski definition) is 8. The van der Waals surface area contributed by atoms with Crippen molar-refractivity contribution in [3.8, 4) is 6.07 Å². The minimum atomic E-state index is -0.802. The van der Waals surface area contributed by atoms with Gasteiger partial charge in [-0.25, -0.2) is 4.79 Å². The number of carbonyl (C=O) groups is 1. The van der Waals surface area contributed by atoms with E-state index in [0.29, 0.717) is 14.8 Å². The molecule has 0 bridgehead atoms. The van der Waals surface area contributed by atoms with E-state index in [1.165, 1.54) is 4.57 Å². The number of hydrogen-bond donors (Lipinski definition) is 1. The van der Waals surface area contributed by atoms with Crippen LogP contribution < -0.4 is 20.5 Å². The van der Waals surface area contributed by atoms with Crippen molar-refractivity contribution in [2.45, 2.75) is 25.9 Å². The zero-order valence-electron chi connectivity index (χ0n) is 17.4. The normalized spacial score (nSPS) is 16.1. The third-order valence-corrected chi connectivity index (χ3v) is 5.94. The average molecular weight is 446 g/mol. The van der Waals surface area contributed by atoms with Crippen LogP contribution >= 0.6 is 11.3 Å². The Labute approximate surface area is 187 Å². The summed E-state index contributed by atoms with van der Waals surface area (Å²) in [7, 11) is 0. The third-order valence-electron chi connectivity index (χ3n) is 4.83. The first kappa shape index (κ1) is 21.2. The van der Waals surface area contributed by atoms with Crippen LogP contribution in [0.1, 0.15) is 30.9 Å². The van der Waals surface area contributed by atoms with Crippen molar-refractivity contribution >= 4 is 34.8 Å². The molecule has 0 amide bonds. The van der Waals surface area contributed by atoms with Gasteiger partial charge in [0.05, 0.1) is 33.8 Å². The van der Waals surface area contributed by atoms with Gasteiger partial charge in [0.15, 0.2) is 0 Å². The van der Waals surface area contributed by atoms with Crippen LogP contribution in [0.25, 0.3) is 17.5 Å². The zero-order chi connectivity index (χ0) is 22.8. The summed E-state index contributed by atoms with van der Waals surface area (Å²) in [4.78, 5) is 34.7. The Hall–Kier alpha value is -4.03. The second-order valence-electron chi connectivity index (χ2n) is 7.34. The Bertz CT molecular complexity index is 1430. The molecule has 3 aromatic heterocycles. The van der Waals surface area contributed by atoms with Crippen LogP contribution in [0.5, 0.6) is 0 Å². The highest BCUT2D eigenvalue weighted by atomic mass is 32.1. The maximum absolute atomic E-state index is 13.2. The van der Waals surface area contributed by atoms with Gasteiger partial charge in [-0.15, -0.1) is 11.3 Å². The number of aromatic nitrogens is 3. The number of fused-ring (bicyclic) bond motifs is 1. The summed E-state index contributed by atoms with van der Waals surface area (Å²) in [5.41, 5.74) is 7.50. The summed E-state index contributed by atoms with van der Waals surface area (Å²) in [5.74, 6) is -1.43. The molecule has 8 nitrogen and oxygen atoms in total. The smallest absolute Gasteiger partial charge is 0.338 e. The SMILES string of the molecule is CC(C)OC(=O)C1=c2s/c(=C/c3cccnc3)c(=O)n2C(N)=C(C#N)C1c1cccnc1. The summed E-state index contributed by atoms with van der Waals surface area (Å²) in [5, 5.41) is 9.93. The lowest BCUT2D eigenvalue weighted by Crippen LogP contribution is -2.40. The van der Waals surface area contributed by atoms with Crippen LogP contribution in [0.4, 0.5) is 0 Å². The van der Waals surface area contributed by atoms with Crippen molar-refractivity contribution in [1.82, 2.24) is 14.5 Å². The number of thiazole rings is 1. The molecule has 3 aromatic rings. The van der Waals surface area contributed by atoms with Crippen molar-refractivity contribution in [3.63, 3.8) is 0 Å². The standard InChI is InChI=1S/C23H19N5O3S/c1-13(2)31-23(30)19-18(15-6-4-8-27-12-15)16(10-24)20(25)28-21(29)17(32-22(19)28)9-14-5-3-7-26-11-14/h3-9,11-13,18H,25H2,1-2H3/b17-9+. The van der Waals surface area contributed by atoms with Crippen molar-refractivity contribution in [3.05, 3.63) is 85.3 Å². The molecule has 0 radical (unpaired) electrons. The average Bonchev–Trinajstić information content (AvgIpc) is 3.10. The molecule has 4 rings (SSSR count). The molecule has 1 atom stereocenters. The second kappa shape index (κ2) is 8.61. The molecular weight excluding hydrogens is 426 g/mol. The minimum absolute atomic E-state index is 0.00969. The van der Waals surface area contributed by atoms with E-state index < -0.39 is 17.4 Å². The zero-order valence-corrected chi connectivity index (χ0v) is 18.2. The molecule has 0 aliphatic carbocycles. The van der Waals surface area contributed by atoms with Gasteiger partial charge in [0.2, 0.25) is 0 Å². The lowest BCUT2D eigenvalue weighted by molar-refractivity contribution is -0.140. The molecule has 0 aromatic carbocycles. The van der Waals surface area contributed by atoms with Crippen LogP contribution in [-0.2, 0) is 9.53 Å². The molecule has 0 saturated heterocycles. The molecule has 1 aliphatic rings. The number of rotatable bonds is 4. The van der Waals surface area contributed by atoms with Gasteiger partial charge < -0.3 is 10.5 Å². The number of nitriles is 1. The van der Waals surface area contributed by atoms with E-state index in [1.54, 1.807) is 62.9 Å². The minimum Gasteiger partial charge on any atom is -0.460 e. The summed E-state index contributed by atoms with van der Waals surface area (Å²) >= 11 is 1.12. The molecule has 32 heavy (non-hydrogen) atoms. The second-order valence-corrected chi connectivity index (χ2v) is 8.37. The maximum Gasteiger partial charge on any atom is 0.338 e. The molecule has 2 N–H and O–H groups in total. The number of nitrogens with two attached hydrogens (primary N) is 1. The Morgan fingerprint density at radius 2 is 2.00 bits per heavy atom. The predicted molar refractivity (Wildman–Crippen MR) is 120 cm³/mol. The van der Waals surface area contributed by atoms with E-state index >= 15 is 0 Å². The van der Waals surface area contributed by atoms with E-state index in [4.69, 9.17) is 10.5 Å². The van der Waals surface area contributed by atoms with Gasteiger partial charge in [-0.05, 0) is 43.2 Å². The van der Waals surface area contributed by atoms with Crippen molar-refractivity contribution in [2.24, 2.45) is 5.73 Å². The Balaban J connectivity index is 2.10. The topological polar surface area (TPSA) is 124 Å². The fraction of sp³-hybridized carbons (Fsp3) is 0.174. The van der Waals surface area contributed by atoms with Crippen molar-refractivity contribution in [2.75, 3.05) is 0 Å². The highest BCUT2D eigenvalue weighted by Crippen LogP contribution is 2.36. The summed E-state index contributed by atoms with van der Waals surface area (Å²) < 4.78 is 7.40. The van der Waals surface area contributed by atoms with Crippen LogP contribution in [0.15, 0.2) is 59.4 Å². The molecule has 0 spiro atoms. The fourth-order valence-corrected chi connectivity index (χ4v) is 4.68. The van der Waals surface area contributed by atoms with Gasteiger partial charge in [0, 0.05) is 24.8 Å². The van der Waals surface area contributed by atoms with Crippen LogP contribution in [0.3, 0.4) is 0 Å². The third kappa shape index (κ3) is 3.72. The van der Waals surface area contributed by atoms with Crippen LogP contribution in [0, 0.1) is 11.3 Å². The molecule has 160 valence electrons. The van der Waals surface area contributed by atoms with Gasteiger partial charge in [0.25, 0.3) is 5.56 Å². The number of allylic oxidation sites excluding steroid dienone is 1. The monoisotopic (exact) mass is 445 g/mol. The first-order chi connectivity index (χ1) is 15.4. The van der Waals surface area contributed by atoms with Gasteiger partial charge in [-0.3, -0.25) is 19.3 Å². The summed E-state index contributed by atoms with van der Waals surface area (Å²) in [6.45, 7) is 3.47. The van der Waals surface area contributed by atoms with E-state index in [2.05, 4.69) is 16.0 Å². The summed E-state index contributed by atoms with van der Waals surface area (Å²) in [6.07, 6.45) is 7.71. The highest BCUT2D eigenvalue weighted by Gasteiger charge is 2.36. The van der Waals surface area contributed by atoms with Crippen molar-refractivity contribution < 1.29 is 9.53 Å². The molecule has 1 unspecified atom stereocenters. The predicted octanol–water partition coefficient (Wildman–Crippen LogP) is 1.08. The maximum atomic E-state index is 13.2. The molecule has 4 heterocycles. The van der Waals surface area contributed by atoms with E-state index in [0.717, 1.165) is 16.9 Å². The molecule has 9 heteroatoms. The summed E-state index contributed by atoms with van der Waals surface area (Å²) in [6, 6.07) is 9.13. The van der Waals surface area contributed by atoms with E-state index in [9.17, 15) is 14.9 Å². The molecule has 0 fully saturated rings. The number of ether oxygens (including phenoxy) is 1. The van der Waals surface area contributed by atoms with Gasteiger partial charge in [-0.2, -0.15) is 5.26 Å². The van der Waals surface area contributed by atoms with Crippen LogP contribution in [0.2, 0.25) is 0 Å². The van der Waals surface area contributed by atoms with Gasteiger partial charge in [-0.1, -0.05) is 12.1 Å². The lowest BCUT2D eigenvalue weighted by Gasteiger charge is -2.25. The van der Waals surface area contributed by atoms with Gasteiger partial charge >= 0.3 is 5.97 Å². The number of carbonyl (C=O) groups excluding carboxylic acids is 1. The Morgan fingerprint density at radius 1 is 1.28 bits per heavy atom. The van der Waals surface area contributed by atoms with Crippen LogP contribution in [-0.4, -0.2) is 26.6 Å². The number of esters is 1. The lowest BCUT2D eigenvalue weighted by atomic mass is 9.84. The largest absolute Gasteiger partial charge is 0.460 e. The van der Waals surface area contributed by atoms with E-state index in [-0.39, 0.29) is 23.1 Å². The molecule has 0 saturated carbocycles. The first-order valence-electron chi connectivity index (χ1n) is 9.81. The Kier molecular flexibility index (Phi) is 5.71. The number of pyridine rings is 2. The highest BCUT2D eigenvalue weighted by molar-refractivity contribution is 7.07.